The molecular formula is C13H19NO. The summed E-state index contributed by atoms with van der Waals surface area (Å²) in [5.41, 5.74) is 1.99. The molecule has 0 spiro atoms. The molecule has 0 atom stereocenters. The van der Waals surface area contributed by atoms with Crippen molar-refractivity contribution in [3.63, 3.8) is 0 Å². The minimum atomic E-state index is 0.251. The zero-order chi connectivity index (χ0) is 11.3. The Labute approximate surface area is 91.9 Å². The maximum atomic E-state index is 11.8. The first-order chi connectivity index (χ1) is 7.09. The molecule has 82 valence electrons. The standard InChI is InChI=1S/C13H19NO/c1-11-6-4-7-12(10-11)13(15)8-5-9-14(2)3/h4,6-7,10H,5,8-9H2,1-3H3. The molecule has 0 aliphatic rings. The molecule has 0 aromatic heterocycles. The summed E-state index contributed by atoms with van der Waals surface area (Å²) < 4.78 is 0. The Bertz CT molecular complexity index is 331. The van der Waals surface area contributed by atoms with E-state index in [0.717, 1.165) is 24.1 Å². The first-order valence-electron chi connectivity index (χ1n) is 5.34. The molecule has 0 radical (unpaired) electrons. The van der Waals surface area contributed by atoms with E-state index < -0.39 is 0 Å². The fraction of sp³-hybridized carbons (Fsp3) is 0.462. The second-order valence-corrected chi connectivity index (χ2v) is 4.20. The van der Waals surface area contributed by atoms with Crippen molar-refractivity contribution in [2.24, 2.45) is 0 Å². The number of carbonyl (C=O) groups excluding carboxylic acids is 1. The quantitative estimate of drug-likeness (QED) is 0.688. The van der Waals surface area contributed by atoms with Gasteiger partial charge in [0, 0.05) is 12.0 Å². The van der Waals surface area contributed by atoms with Crippen molar-refractivity contribution in [3.8, 4) is 0 Å². The van der Waals surface area contributed by atoms with Gasteiger partial charge in [0.25, 0.3) is 0 Å². The Morgan fingerprint density at radius 3 is 2.67 bits per heavy atom. The fourth-order valence-electron chi connectivity index (χ4n) is 1.52. The van der Waals surface area contributed by atoms with Crippen LogP contribution in [0.5, 0.6) is 0 Å². The first kappa shape index (κ1) is 11.9. The molecule has 1 aromatic carbocycles. The van der Waals surface area contributed by atoms with Gasteiger partial charge in [-0.05, 0) is 40.1 Å². The molecule has 0 fully saturated rings. The average molecular weight is 205 g/mol. The van der Waals surface area contributed by atoms with Gasteiger partial charge in [0.2, 0.25) is 0 Å². The van der Waals surface area contributed by atoms with Gasteiger partial charge in [-0.25, -0.2) is 0 Å². The van der Waals surface area contributed by atoms with E-state index >= 15 is 0 Å². The third-order valence-corrected chi connectivity index (χ3v) is 2.35. The summed E-state index contributed by atoms with van der Waals surface area (Å²) >= 11 is 0. The number of hydrogen-bond donors (Lipinski definition) is 0. The van der Waals surface area contributed by atoms with Gasteiger partial charge >= 0.3 is 0 Å². The minimum absolute atomic E-state index is 0.251. The monoisotopic (exact) mass is 205 g/mol. The van der Waals surface area contributed by atoms with E-state index in [2.05, 4.69) is 4.90 Å². The fourth-order valence-corrected chi connectivity index (χ4v) is 1.52. The molecule has 0 amide bonds. The zero-order valence-corrected chi connectivity index (χ0v) is 9.79. The van der Waals surface area contributed by atoms with Gasteiger partial charge in [-0.2, -0.15) is 0 Å². The summed E-state index contributed by atoms with van der Waals surface area (Å²) in [5, 5.41) is 0. The number of Topliss-reactive ketones (excluding diaryl/α,β-unsaturated/α-hetero) is 1. The molecule has 0 bridgehead atoms. The Morgan fingerprint density at radius 1 is 1.33 bits per heavy atom. The predicted molar refractivity (Wildman–Crippen MR) is 63.3 cm³/mol. The molecule has 0 aliphatic heterocycles. The van der Waals surface area contributed by atoms with Gasteiger partial charge in [0.05, 0.1) is 0 Å². The third-order valence-electron chi connectivity index (χ3n) is 2.35. The van der Waals surface area contributed by atoms with E-state index in [4.69, 9.17) is 0 Å². The smallest absolute Gasteiger partial charge is 0.162 e. The molecule has 0 N–H and O–H groups in total. The van der Waals surface area contributed by atoms with Crippen LogP contribution >= 0.6 is 0 Å². The van der Waals surface area contributed by atoms with Crippen LogP contribution in [0.3, 0.4) is 0 Å². The van der Waals surface area contributed by atoms with E-state index in [1.807, 2.05) is 45.3 Å². The van der Waals surface area contributed by atoms with Gasteiger partial charge in [-0.15, -0.1) is 0 Å². The molecule has 0 heterocycles. The summed E-state index contributed by atoms with van der Waals surface area (Å²) in [6, 6.07) is 7.80. The lowest BCUT2D eigenvalue weighted by atomic mass is 10.0. The van der Waals surface area contributed by atoms with Crippen molar-refractivity contribution in [3.05, 3.63) is 35.4 Å². The first-order valence-corrected chi connectivity index (χ1v) is 5.34. The zero-order valence-electron chi connectivity index (χ0n) is 9.79. The van der Waals surface area contributed by atoms with Gasteiger partial charge in [0.1, 0.15) is 0 Å². The third kappa shape index (κ3) is 4.26. The molecule has 0 saturated carbocycles. The van der Waals surface area contributed by atoms with Crippen LogP contribution in [0.2, 0.25) is 0 Å². The Kier molecular flexibility index (Phi) is 4.50. The van der Waals surface area contributed by atoms with Crippen molar-refractivity contribution in [1.29, 1.82) is 0 Å². The normalized spacial score (nSPS) is 10.7. The predicted octanol–water partition coefficient (Wildman–Crippen LogP) is 2.52. The molecule has 0 unspecified atom stereocenters. The molecule has 2 heteroatoms. The highest BCUT2D eigenvalue weighted by molar-refractivity contribution is 5.96. The van der Waals surface area contributed by atoms with Crippen LogP contribution in [0.4, 0.5) is 0 Å². The number of rotatable bonds is 5. The molecule has 0 saturated heterocycles. The summed E-state index contributed by atoms with van der Waals surface area (Å²) in [7, 11) is 4.05. The second-order valence-electron chi connectivity index (χ2n) is 4.20. The van der Waals surface area contributed by atoms with Crippen molar-refractivity contribution in [2.75, 3.05) is 20.6 Å². The maximum Gasteiger partial charge on any atom is 0.162 e. The van der Waals surface area contributed by atoms with Crippen molar-refractivity contribution >= 4 is 5.78 Å². The van der Waals surface area contributed by atoms with E-state index in [9.17, 15) is 4.79 Å². The number of carbonyl (C=O) groups is 1. The van der Waals surface area contributed by atoms with E-state index in [1.54, 1.807) is 0 Å². The van der Waals surface area contributed by atoms with E-state index in [-0.39, 0.29) is 5.78 Å². The highest BCUT2D eigenvalue weighted by atomic mass is 16.1. The van der Waals surface area contributed by atoms with Gasteiger partial charge in [0.15, 0.2) is 5.78 Å². The van der Waals surface area contributed by atoms with Crippen LogP contribution in [0.15, 0.2) is 24.3 Å². The van der Waals surface area contributed by atoms with Crippen LogP contribution in [0.1, 0.15) is 28.8 Å². The SMILES string of the molecule is Cc1cccc(C(=O)CCCN(C)C)c1. The van der Waals surface area contributed by atoms with Crippen LogP contribution in [0, 0.1) is 6.92 Å². The lowest BCUT2D eigenvalue weighted by Gasteiger charge is -2.08. The van der Waals surface area contributed by atoms with Crippen molar-refractivity contribution in [2.45, 2.75) is 19.8 Å². The van der Waals surface area contributed by atoms with Crippen LogP contribution in [-0.4, -0.2) is 31.3 Å². The maximum absolute atomic E-state index is 11.8. The van der Waals surface area contributed by atoms with Gasteiger partial charge in [-0.3, -0.25) is 4.79 Å². The minimum Gasteiger partial charge on any atom is -0.309 e. The number of nitrogens with zero attached hydrogens (tertiary/aromatic N) is 1. The van der Waals surface area contributed by atoms with E-state index in [1.165, 1.54) is 0 Å². The Morgan fingerprint density at radius 2 is 2.07 bits per heavy atom. The highest BCUT2D eigenvalue weighted by Crippen LogP contribution is 2.08. The lowest BCUT2D eigenvalue weighted by molar-refractivity contribution is 0.0977. The molecule has 1 rings (SSSR count). The van der Waals surface area contributed by atoms with Crippen LogP contribution < -0.4 is 0 Å². The number of benzene rings is 1. The summed E-state index contributed by atoms with van der Waals surface area (Å²) in [4.78, 5) is 13.9. The van der Waals surface area contributed by atoms with Gasteiger partial charge < -0.3 is 4.90 Å². The number of aryl methyl sites for hydroxylation is 1. The molecular weight excluding hydrogens is 186 g/mol. The summed E-state index contributed by atoms with van der Waals surface area (Å²) in [6.07, 6.45) is 1.57. The van der Waals surface area contributed by atoms with Crippen molar-refractivity contribution < 1.29 is 4.79 Å². The van der Waals surface area contributed by atoms with Crippen LogP contribution in [-0.2, 0) is 0 Å². The molecule has 0 aliphatic carbocycles. The summed E-state index contributed by atoms with van der Waals surface area (Å²) in [5.74, 6) is 0.251. The summed E-state index contributed by atoms with van der Waals surface area (Å²) in [6.45, 7) is 2.98. The Hall–Kier alpha value is -1.15. The lowest BCUT2D eigenvalue weighted by Crippen LogP contribution is -2.14. The molecule has 2 nitrogen and oxygen atoms in total. The molecule has 1 aromatic rings. The average Bonchev–Trinajstić information content (AvgIpc) is 2.17. The molecule has 15 heavy (non-hydrogen) atoms. The van der Waals surface area contributed by atoms with Crippen LogP contribution in [0.25, 0.3) is 0 Å². The second kappa shape index (κ2) is 5.66. The Balaban J connectivity index is 2.47. The largest absolute Gasteiger partial charge is 0.309 e. The van der Waals surface area contributed by atoms with Gasteiger partial charge in [-0.1, -0.05) is 23.8 Å². The number of ketones is 1. The number of hydrogen-bond acceptors (Lipinski definition) is 2. The topological polar surface area (TPSA) is 20.3 Å². The van der Waals surface area contributed by atoms with E-state index in [0.29, 0.717) is 6.42 Å². The highest BCUT2D eigenvalue weighted by Gasteiger charge is 2.05. The van der Waals surface area contributed by atoms with Crippen molar-refractivity contribution in [1.82, 2.24) is 4.90 Å².